The average molecular weight is 211 g/mol. The van der Waals surface area contributed by atoms with Crippen LogP contribution in [0.2, 0.25) is 0 Å². The first-order valence-corrected chi connectivity index (χ1v) is 5.38. The summed E-state index contributed by atoms with van der Waals surface area (Å²) in [6.07, 6.45) is 3.44. The van der Waals surface area contributed by atoms with Crippen molar-refractivity contribution in [2.45, 2.75) is 38.3 Å². The van der Waals surface area contributed by atoms with Crippen LogP contribution in [0, 0.1) is 11.6 Å². The van der Waals surface area contributed by atoms with E-state index in [0.29, 0.717) is 6.04 Å². The van der Waals surface area contributed by atoms with Crippen LogP contribution >= 0.6 is 0 Å². The molecule has 0 aliphatic heterocycles. The van der Waals surface area contributed by atoms with Crippen LogP contribution in [-0.4, -0.2) is 6.04 Å². The Bertz CT molecular complexity index is 327. The molecule has 0 aromatic heterocycles. The highest BCUT2D eigenvalue weighted by Crippen LogP contribution is 2.25. The van der Waals surface area contributed by atoms with E-state index in [0.717, 1.165) is 12.8 Å². The lowest BCUT2D eigenvalue weighted by molar-refractivity contribution is 0.306. The van der Waals surface area contributed by atoms with Crippen LogP contribution in [0.1, 0.15) is 37.8 Å². The summed E-state index contributed by atoms with van der Waals surface area (Å²) in [4.78, 5) is 0. The molecule has 0 amide bonds. The predicted molar refractivity (Wildman–Crippen MR) is 55.5 cm³/mol. The summed E-state index contributed by atoms with van der Waals surface area (Å²) in [6.45, 7) is 1.81. The van der Waals surface area contributed by atoms with Crippen molar-refractivity contribution < 1.29 is 8.78 Å². The third kappa shape index (κ3) is 2.17. The minimum absolute atomic E-state index is 0.157. The van der Waals surface area contributed by atoms with Crippen molar-refractivity contribution in [3.63, 3.8) is 0 Å². The smallest absolute Gasteiger partial charge is 0.130 e. The Labute approximate surface area is 88.5 Å². The van der Waals surface area contributed by atoms with Crippen LogP contribution in [0.25, 0.3) is 0 Å². The molecule has 82 valence electrons. The minimum atomic E-state index is -0.464. The molecular weight excluding hydrogens is 196 g/mol. The van der Waals surface area contributed by atoms with Gasteiger partial charge in [-0.05, 0) is 31.9 Å². The van der Waals surface area contributed by atoms with Crippen LogP contribution in [0.4, 0.5) is 8.78 Å². The van der Waals surface area contributed by atoms with Gasteiger partial charge >= 0.3 is 0 Å². The summed E-state index contributed by atoms with van der Waals surface area (Å²) >= 11 is 0. The molecule has 0 heterocycles. The van der Waals surface area contributed by atoms with Crippen LogP contribution in [0.5, 0.6) is 0 Å². The second-order valence-electron chi connectivity index (χ2n) is 4.15. The zero-order chi connectivity index (χ0) is 10.8. The van der Waals surface area contributed by atoms with Gasteiger partial charge in [-0.3, -0.25) is 0 Å². The molecule has 15 heavy (non-hydrogen) atoms. The van der Waals surface area contributed by atoms with Gasteiger partial charge in [-0.25, -0.2) is 8.78 Å². The molecule has 1 fully saturated rings. The van der Waals surface area contributed by atoms with Gasteiger partial charge in [0.2, 0.25) is 0 Å². The molecule has 1 N–H and O–H groups in total. The van der Waals surface area contributed by atoms with E-state index in [1.54, 1.807) is 6.92 Å². The normalized spacial score (nSPS) is 18.6. The molecule has 0 saturated heterocycles. The molecule has 1 saturated carbocycles. The number of hydrogen-bond donors (Lipinski definition) is 1. The SMILES string of the molecule is CC(NC1CCC1)c1c(F)cccc1F. The molecule has 3 heteroatoms. The maximum Gasteiger partial charge on any atom is 0.130 e. The second-order valence-corrected chi connectivity index (χ2v) is 4.15. The Balaban J connectivity index is 2.12. The minimum Gasteiger partial charge on any atom is -0.307 e. The van der Waals surface area contributed by atoms with E-state index in [-0.39, 0.29) is 11.6 Å². The van der Waals surface area contributed by atoms with Gasteiger partial charge in [0.05, 0.1) is 0 Å². The van der Waals surface area contributed by atoms with Gasteiger partial charge in [0.25, 0.3) is 0 Å². The lowest BCUT2D eigenvalue weighted by Gasteiger charge is -2.30. The quantitative estimate of drug-likeness (QED) is 0.809. The van der Waals surface area contributed by atoms with Crippen LogP contribution in [0.3, 0.4) is 0 Å². The van der Waals surface area contributed by atoms with E-state index in [9.17, 15) is 8.78 Å². The van der Waals surface area contributed by atoms with E-state index in [1.165, 1.54) is 24.6 Å². The van der Waals surface area contributed by atoms with Gasteiger partial charge in [-0.15, -0.1) is 0 Å². The van der Waals surface area contributed by atoms with Gasteiger partial charge in [0.15, 0.2) is 0 Å². The fourth-order valence-electron chi connectivity index (χ4n) is 1.94. The Hall–Kier alpha value is -0.960. The van der Waals surface area contributed by atoms with Gasteiger partial charge in [-0.1, -0.05) is 12.5 Å². The highest BCUT2D eigenvalue weighted by atomic mass is 19.1. The van der Waals surface area contributed by atoms with Crippen LogP contribution in [-0.2, 0) is 0 Å². The molecule has 0 radical (unpaired) electrons. The molecule has 0 spiro atoms. The van der Waals surface area contributed by atoms with Crippen LogP contribution in [0.15, 0.2) is 18.2 Å². The van der Waals surface area contributed by atoms with Crippen molar-refractivity contribution in [3.8, 4) is 0 Å². The van der Waals surface area contributed by atoms with Crippen molar-refractivity contribution >= 4 is 0 Å². The van der Waals surface area contributed by atoms with Crippen molar-refractivity contribution in [2.24, 2.45) is 0 Å². The lowest BCUT2D eigenvalue weighted by atomic mass is 9.91. The number of hydrogen-bond acceptors (Lipinski definition) is 1. The van der Waals surface area contributed by atoms with Crippen LogP contribution < -0.4 is 5.32 Å². The number of rotatable bonds is 3. The largest absolute Gasteiger partial charge is 0.307 e. The molecule has 0 bridgehead atoms. The molecule has 1 nitrogen and oxygen atoms in total. The fraction of sp³-hybridized carbons (Fsp3) is 0.500. The highest BCUT2D eigenvalue weighted by molar-refractivity contribution is 5.23. The molecule has 1 aromatic carbocycles. The zero-order valence-corrected chi connectivity index (χ0v) is 8.76. The van der Waals surface area contributed by atoms with Gasteiger partial charge in [0.1, 0.15) is 11.6 Å². The first-order valence-electron chi connectivity index (χ1n) is 5.38. The highest BCUT2D eigenvalue weighted by Gasteiger charge is 2.22. The number of benzene rings is 1. The molecule has 1 aliphatic carbocycles. The lowest BCUT2D eigenvalue weighted by Crippen LogP contribution is -2.37. The summed E-state index contributed by atoms with van der Waals surface area (Å²) in [5, 5.41) is 3.23. The Morgan fingerprint density at radius 1 is 1.27 bits per heavy atom. The van der Waals surface area contributed by atoms with Crippen molar-refractivity contribution in [3.05, 3.63) is 35.4 Å². The van der Waals surface area contributed by atoms with Crippen molar-refractivity contribution in [1.82, 2.24) is 5.32 Å². The van der Waals surface area contributed by atoms with E-state index in [4.69, 9.17) is 0 Å². The molecule has 1 atom stereocenters. The maximum atomic E-state index is 13.4. The van der Waals surface area contributed by atoms with E-state index in [2.05, 4.69) is 5.32 Å². The van der Waals surface area contributed by atoms with Gasteiger partial charge in [0, 0.05) is 17.6 Å². The fourth-order valence-corrected chi connectivity index (χ4v) is 1.94. The van der Waals surface area contributed by atoms with Crippen molar-refractivity contribution in [2.75, 3.05) is 0 Å². The summed E-state index contributed by atoms with van der Waals surface area (Å²) < 4.78 is 26.8. The summed E-state index contributed by atoms with van der Waals surface area (Å²) in [5.74, 6) is -0.927. The summed E-state index contributed by atoms with van der Waals surface area (Å²) in [6, 6.07) is 4.18. The number of halogens is 2. The van der Waals surface area contributed by atoms with E-state index < -0.39 is 11.6 Å². The van der Waals surface area contributed by atoms with Gasteiger partial charge in [-0.2, -0.15) is 0 Å². The number of nitrogens with one attached hydrogen (secondary N) is 1. The summed E-state index contributed by atoms with van der Waals surface area (Å²) in [5.41, 5.74) is 0.157. The predicted octanol–water partition coefficient (Wildman–Crippen LogP) is 3.17. The van der Waals surface area contributed by atoms with Gasteiger partial charge < -0.3 is 5.32 Å². The monoisotopic (exact) mass is 211 g/mol. The zero-order valence-electron chi connectivity index (χ0n) is 8.76. The van der Waals surface area contributed by atoms with E-state index in [1.807, 2.05) is 0 Å². The summed E-state index contributed by atoms with van der Waals surface area (Å²) in [7, 11) is 0. The van der Waals surface area contributed by atoms with Crippen molar-refractivity contribution in [1.29, 1.82) is 0 Å². The maximum absolute atomic E-state index is 13.4. The topological polar surface area (TPSA) is 12.0 Å². The Kier molecular flexibility index (Phi) is 3.00. The first kappa shape index (κ1) is 10.6. The Morgan fingerprint density at radius 3 is 2.33 bits per heavy atom. The standard InChI is InChI=1S/C12H15F2N/c1-8(15-9-4-2-5-9)12-10(13)6-3-7-11(12)14/h3,6-9,15H,2,4-5H2,1H3. The molecule has 2 rings (SSSR count). The molecule has 1 aromatic rings. The average Bonchev–Trinajstić information content (AvgIpc) is 2.11. The third-order valence-corrected chi connectivity index (χ3v) is 3.02. The van der Waals surface area contributed by atoms with E-state index >= 15 is 0 Å². The molecule has 1 unspecified atom stereocenters. The molecular formula is C12H15F2N. The third-order valence-electron chi connectivity index (χ3n) is 3.02. The Morgan fingerprint density at radius 2 is 1.87 bits per heavy atom. The second kappa shape index (κ2) is 4.27. The first-order chi connectivity index (χ1) is 7.18. The molecule has 1 aliphatic rings.